The third-order valence-electron chi connectivity index (χ3n) is 3.20. The molecule has 0 spiro atoms. The van der Waals surface area contributed by atoms with E-state index < -0.39 is 23.7 Å². The predicted molar refractivity (Wildman–Crippen MR) is 90.1 cm³/mol. The molecule has 0 aromatic heterocycles. The van der Waals surface area contributed by atoms with Gasteiger partial charge in [-0.2, -0.15) is 0 Å². The minimum atomic E-state index is -0.910. The Labute approximate surface area is 148 Å². The Morgan fingerprint density at radius 3 is 2.44 bits per heavy atom. The van der Waals surface area contributed by atoms with E-state index in [0.29, 0.717) is 16.5 Å². The summed E-state index contributed by atoms with van der Waals surface area (Å²) in [7, 11) is 1.41. The van der Waals surface area contributed by atoms with Gasteiger partial charge >= 0.3 is 0 Å². The maximum Gasteiger partial charge on any atom is 0.279 e. The summed E-state index contributed by atoms with van der Waals surface area (Å²) in [5.74, 6) is -0.953. The van der Waals surface area contributed by atoms with Crippen LogP contribution in [-0.4, -0.2) is 25.0 Å². The van der Waals surface area contributed by atoms with Gasteiger partial charge in [0, 0.05) is 5.02 Å². The number of carbonyl (C=O) groups is 2. The first-order chi connectivity index (χ1) is 11.9. The lowest BCUT2D eigenvalue weighted by Crippen LogP contribution is -2.47. The van der Waals surface area contributed by atoms with Crippen LogP contribution in [0.5, 0.6) is 11.5 Å². The molecule has 1 atom stereocenters. The third kappa shape index (κ3) is 5.09. The fourth-order valence-electron chi connectivity index (χ4n) is 1.92. The number of halogens is 2. The molecule has 1 unspecified atom stereocenters. The van der Waals surface area contributed by atoms with Crippen molar-refractivity contribution in [3.8, 4) is 11.5 Å². The molecule has 2 aromatic rings. The van der Waals surface area contributed by atoms with Gasteiger partial charge in [-0.05, 0) is 49.4 Å². The molecular formula is C17H16ClFN2O4. The molecule has 2 rings (SSSR count). The Morgan fingerprint density at radius 2 is 1.80 bits per heavy atom. The van der Waals surface area contributed by atoms with Crippen molar-refractivity contribution in [1.82, 2.24) is 10.9 Å². The molecule has 0 aliphatic rings. The molecule has 2 aromatic carbocycles. The van der Waals surface area contributed by atoms with Gasteiger partial charge in [-0.1, -0.05) is 11.6 Å². The van der Waals surface area contributed by atoms with Crippen molar-refractivity contribution in [2.75, 3.05) is 7.11 Å². The molecular weight excluding hydrogens is 351 g/mol. The molecule has 8 heteroatoms. The van der Waals surface area contributed by atoms with Crippen molar-refractivity contribution in [2.24, 2.45) is 0 Å². The summed E-state index contributed by atoms with van der Waals surface area (Å²) in [6.07, 6.45) is -0.910. The monoisotopic (exact) mass is 366 g/mol. The van der Waals surface area contributed by atoms with Gasteiger partial charge in [-0.15, -0.1) is 0 Å². The van der Waals surface area contributed by atoms with E-state index in [1.165, 1.54) is 44.4 Å². The van der Waals surface area contributed by atoms with E-state index in [1.807, 2.05) is 0 Å². The number of ether oxygens (including phenoxy) is 2. The van der Waals surface area contributed by atoms with Gasteiger partial charge in [0.15, 0.2) is 6.10 Å². The smallest absolute Gasteiger partial charge is 0.279 e. The normalized spacial score (nSPS) is 11.4. The van der Waals surface area contributed by atoms with Gasteiger partial charge < -0.3 is 9.47 Å². The van der Waals surface area contributed by atoms with Crippen molar-refractivity contribution >= 4 is 23.4 Å². The van der Waals surface area contributed by atoms with Crippen LogP contribution in [0.15, 0.2) is 42.5 Å². The first kappa shape index (κ1) is 18.5. The maximum atomic E-state index is 12.8. The average Bonchev–Trinajstić information content (AvgIpc) is 2.61. The molecule has 0 fully saturated rings. The highest BCUT2D eigenvalue weighted by molar-refractivity contribution is 6.31. The SMILES string of the molecule is COc1ccc(Cl)cc1C(=O)NNC(=O)C(C)Oc1ccc(F)cc1. The number of nitrogens with one attached hydrogen (secondary N) is 2. The molecule has 0 aliphatic heterocycles. The van der Waals surface area contributed by atoms with Crippen LogP contribution in [0.1, 0.15) is 17.3 Å². The van der Waals surface area contributed by atoms with Crippen LogP contribution in [0.3, 0.4) is 0 Å². The molecule has 132 valence electrons. The minimum Gasteiger partial charge on any atom is -0.496 e. The second-order valence-corrected chi connectivity index (χ2v) is 5.44. The first-order valence-electron chi connectivity index (χ1n) is 7.26. The Morgan fingerprint density at radius 1 is 1.12 bits per heavy atom. The summed E-state index contributed by atoms with van der Waals surface area (Å²) in [5, 5.41) is 0.352. The van der Waals surface area contributed by atoms with Gasteiger partial charge in [0.1, 0.15) is 17.3 Å². The second kappa shape index (κ2) is 8.34. The summed E-state index contributed by atoms with van der Waals surface area (Å²) in [4.78, 5) is 24.1. The number of rotatable bonds is 5. The molecule has 6 nitrogen and oxygen atoms in total. The van der Waals surface area contributed by atoms with Crippen LogP contribution in [0.2, 0.25) is 5.02 Å². The largest absolute Gasteiger partial charge is 0.496 e. The zero-order valence-electron chi connectivity index (χ0n) is 13.5. The van der Waals surface area contributed by atoms with Crippen molar-refractivity contribution in [1.29, 1.82) is 0 Å². The molecule has 0 saturated carbocycles. The number of amides is 2. The van der Waals surface area contributed by atoms with Crippen LogP contribution in [0.4, 0.5) is 4.39 Å². The van der Waals surface area contributed by atoms with Crippen LogP contribution in [0, 0.1) is 5.82 Å². The Kier molecular flexibility index (Phi) is 6.19. The molecule has 2 N–H and O–H groups in total. The highest BCUT2D eigenvalue weighted by Crippen LogP contribution is 2.22. The highest BCUT2D eigenvalue weighted by Gasteiger charge is 2.18. The summed E-state index contributed by atoms with van der Waals surface area (Å²) in [5.41, 5.74) is 4.68. The number of carbonyl (C=O) groups excluding carboxylic acids is 2. The number of hydrazine groups is 1. The first-order valence-corrected chi connectivity index (χ1v) is 7.64. The third-order valence-corrected chi connectivity index (χ3v) is 3.44. The van der Waals surface area contributed by atoms with Gasteiger partial charge in [-0.25, -0.2) is 4.39 Å². The van der Waals surface area contributed by atoms with Gasteiger partial charge in [0.05, 0.1) is 12.7 Å². The van der Waals surface area contributed by atoms with E-state index in [0.717, 1.165) is 0 Å². The quantitative estimate of drug-likeness (QED) is 0.798. The number of benzene rings is 2. The molecule has 0 heterocycles. The van der Waals surface area contributed by atoms with E-state index in [4.69, 9.17) is 21.1 Å². The average molecular weight is 367 g/mol. The fourth-order valence-corrected chi connectivity index (χ4v) is 2.09. The minimum absolute atomic E-state index is 0.169. The molecule has 2 amide bonds. The number of methoxy groups -OCH3 is 1. The molecule has 0 aliphatic carbocycles. The summed E-state index contributed by atoms with van der Waals surface area (Å²) in [6, 6.07) is 9.76. The van der Waals surface area contributed by atoms with E-state index in [2.05, 4.69) is 10.9 Å². The van der Waals surface area contributed by atoms with E-state index in [1.54, 1.807) is 12.1 Å². The maximum absolute atomic E-state index is 12.8. The number of hydrogen-bond acceptors (Lipinski definition) is 4. The fraction of sp³-hybridized carbons (Fsp3) is 0.176. The Balaban J connectivity index is 1.93. The van der Waals surface area contributed by atoms with E-state index >= 15 is 0 Å². The summed E-state index contributed by atoms with van der Waals surface area (Å²) < 4.78 is 23.3. The van der Waals surface area contributed by atoms with Crippen molar-refractivity contribution < 1.29 is 23.5 Å². The van der Waals surface area contributed by atoms with Crippen LogP contribution in [0.25, 0.3) is 0 Å². The summed E-state index contributed by atoms with van der Waals surface area (Å²) in [6.45, 7) is 1.49. The number of hydrogen-bond donors (Lipinski definition) is 2. The zero-order chi connectivity index (χ0) is 18.4. The van der Waals surface area contributed by atoms with Gasteiger partial charge in [0.25, 0.3) is 11.8 Å². The lowest BCUT2D eigenvalue weighted by Gasteiger charge is -2.15. The Hall–Kier alpha value is -2.80. The van der Waals surface area contributed by atoms with Crippen LogP contribution < -0.4 is 20.3 Å². The van der Waals surface area contributed by atoms with Crippen molar-refractivity contribution in [3.05, 3.63) is 58.9 Å². The van der Waals surface area contributed by atoms with E-state index in [9.17, 15) is 14.0 Å². The lowest BCUT2D eigenvalue weighted by molar-refractivity contribution is -0.128. The van der Waals surface area contributed by atoms with Crippen LogP contribution >= 0.6 is 11.6 Å². The molecule has 25 heavy (non-hydrogen) atoms. The molecule has 0 radical (unpaired) electrons. The zero-order valence-corrected chi connectivity index (χ0v) is 14.3. The van der Waals surface area contributed by atoms with Crippen LogP contribution in [-0.2, 0) is 4.79 Å². The topological polar surface area (TPSA) is 76.7 Å². The van der Waals surface area contributed by atoms with E-state index in [-0.39, 0.29) is 5.56 Å². The molecule has 0 saturated heterocycles. The predicted octanol–water partition coefficient (Wildman–Crippen LogP) is 2.72. The lowest BCUT2D eigenvalue weighted by atomic mass is 10.2. The molecule has 0 bridgehead atoms. The standard InChI is InChI=1S/C17H16ClFN2O4/c1-10(25-13-6-4-12(19)5-7-13)16(22)20-21-17(23)14-9-11(18)3-8-15(14)24-2/h3-10H,1-2H3,(H,20,22)(H,21,23). The van der Waals surface area contributed by atoms with Crippen molar-refractivity contribution in [3.63, 3.8) is 0 Å². The second-order valence-electron chi connectivity index (χ2n) is 5.00. The highest BCUT2D eigenvalue weighted by atomic mass is 35.5. The van der Waals surface area contributed by atoms with Gasteiger partial charge in [0.2, 0.25) is 0 Å². The Bertz CT molecular complexity index is 768. The van der Waals surface area contributed by atoms with Crippen molar-refractivity contribution in [2.45, 2.75) is 13.0 Å². The van der Waals surface area contributed by atoms with Gasteiger partial charge in [-0.3, -0.25) is 20.4 Å². The summed E-state index contributed by atoms with van der Waals surface area (Å²) >= 11 is 5.86.